The van der Waals surface area contributed by atoms with E-state index in [0.717, 1.165) is 4.88 Å². The Labute approximate surface area is 166 Å². The van der Waals surface area contributed by atoms with Gasteiger partial charge in [-0.1, -0.05) is 11.6 Å². The number of carbonyl (C=O) groups excluding carboxylic acids is 1. The van der Waals surface area contributed by atoms with Crippen LogP contribution in [-0.2, 0) is 22.5 Å². The molecule has 1 fully saturated rings. The van der Waals surface area contributed by atoms with Crippen LogP contribution in [0.5, 0.6) is 0 Å². The summed E-state index contributed by atoms with van der Waals surface area (Å²) in [5.74, 6) is 0.554. The number of aromatic amines is 1. The molecular formula is C18H23ClN4O3S. The molecular weight excluding hydrogens is 388 g/mol. The molecule has 1 amide bonds. The van der Waals surface area contributed by atoms with E-state index in [1.807, 2.05) is 24.0 Å². The minimum atomic E-state index is -0.176. The van der Waals surface area contributed by atoms with Crippen molar-refractivity contribution in [1.82, 2.24) is 14.9 Å². The summed E-state index contributed by atoms with van der Waals surface area (Å²) in [6.45, 7) is 4.99. The third kappa shape index (κ3) is 5.09. The fraction of sp³-hybridized carbons (Fsp3) is 0.500. The number of ether oxygens (including phenoxy) is 1. The van der Waals surface area contributed by atoms with E-state index in [-0.39, 0.29) is 17.9 Å². The number of anilines is 1. The van der Waals surface area contributed by atoms with Crippen molar-refractivity contribution >= 4 is 34.8 Å². The van der Waals surface area contributed by atoms with Gasteiger partial charge < -0.3 is 14.5 Å². The van der Waals surface area contributed by atoms with Crippen molar-refractivity contribution in [3.8, 4) is 0 Å². The first kappa shape index (κ1) is 19.9. The van der Waals surface area contributed by atoms with Crippen LogP contribution in [-0.4, -0.2) is 54.1 Å². The molecule has 0 atom stereocenters. The van der Waals surface area contributed by atoms with Crippen molar-refractivity contribution in [2.24, 2.45) is 0 Å². The number of aryl methyl sites for hydroxylation is 1. The van der Waals surface area contributed by atoms with Crippen LogP contribution < -0.4 is 10.5 Å². The molecule has 146 valence electrons. The number of nitrogens with zero attached hydrogens (tertiary/aromatic N) is 3. The van der Waals surface area contributed by atoms with Gasteiger partial charge in [0.25, 0.3) is 5.56 Å². The average molecular weight is 411 g/mol. The van der Waals surface area contributed by atoms with Gasteiger partial charge in [0.1, 0.15) is 0 Å². The minimum Gasteiger partial charge on any atom is -0.378 e. The highest BCUT2D eigenvalue weighted by molar-refractivity contribution is 7.16. The van der Waals surface area contributed by atoms with Crippen LogP contribution >= 0.6 is 22.9 Å². The molecule has 2 aromatic heterocycles. The molecule has 3 heterocycles. The molecule has 1 aliphatic rings. The molecule has 1 saturated heterocycles. The molecule has 0 radical (unpaired) electrons. The number of rotatable bonds is 6. The van der Waals surface area contributed by atoms with Crippen LogP contribution in [0, 0.1) is 6.92 Å². The molecule has 0 spiro atoms. The Morgan fingerprint density at radius 3 is 2.78 bits per heavy atom. The number of hydrogen-bond acceptors (Lipinski definition) is 6. The topological polar surface area (TPSA) is 78.5 Å². The number of halogens is 1. The monoisotopic (exact) mass is 410 g/mol. The highest BCUT2D eigenvalue weighted by Crippen LogP contribution is 2.22. The van der Waals surface area contributed by atoms with Gasteiger partial charge in [-0.3, -0.25) is 14.6 Å². The van der Waals surface area contributed by atoms with Gasteiger partial charge in [0.15, 0.2) is 0 Å². The van der Waals surface area contributed by atoms with E-state index in [1.54, 1.807) is 11.9 Å². The second-order valence-electron chi connectivity index (χ2n) is 6.51. The van der Waals surface area contributed by atoms with Crippen LogP contribution in [0.25, 0.3) is 0 Å². The Bertz CT molecular complexity index is 861. The summed E-state index contributed by atoms with van der Waals surface area (Å²) in [7, 11) is 1.76. The van der Waals surface area contributed by atoms with Gasteiger partial charge in [-0.2, -0.15) is 0 Å². The zero-order valence-corrected chi connectivity index (χ0v) is 17.0. The van der Waals surface area contributed by atoms with Crippen molar-refractivity contribution < 1.29 is 9.53 Å². The summed E-state index contributed by atoms with van der Waals surface area (Å²) in [4.78, 5) is 37.0. The molecule has 1 N–H and O–H groups in total. The van der Waals surface area contributed by atoms with E-state index in [9.17, 15) is 9.59 Å². The summed E-state index contributed by atoms with van der Waals surface area (Å²) in [5.41, 5.74) is 1.05. The number of aromatic nitrogens is 2. The molecule has 9 heteroatoms. The van der Waals surface area contributed by atoms with Crippen molar-refractivity contribution in [3.05, 3.63) is 43.0 Å². The van der Waals surface area contributed by atoms with Gasteiger partial charge >= 0.3 is 0 Å². The third-order valence-electron chi connectivity index (χ3n) is 4.56. The lowest BCUT2D eigenvalue weighted by Gasteiger charge is -2.27. The third-order valence-corrected chi connectivity index (χ3v) is 5.77. The maximum Gasteiger partial charge on any atom is 0.255 e. The van der Waals surface area contributed by atoms with Crippen LogP contribution in [0.2, 0.25) is 4.34 Å². The maximum atomic E-state index is 12.5. The van der Waals surface area contributed by atoms with Gasteiger partial charge in [0, 0.05) is 42.7 Å². The molecule has 7 nitrogen and oxygen atoms in total. The lowest BCUT2D eigenvalue weighted by molar-refractivity contribution is -0.130. The van der Waals surface area contributed by atoms with E-state index in [1.165, 1.54) is 11.3 Å². The predicted molar refractivity (Wildman–Crippen MR) is 107 cm³/mol. The predicted octanol–water partition coefficient (Wildman–Crippen LogP) is 2.22. The number of H-pyrrole nitrogens is 1. The first-order valence-corrected chi connectivity index (χ1v) is 10.0. The Morgan fingerprint density at radius 1 is 1.41 bits per heavy atom. The normalized spacial score (nSPS) is 14.4. The average Bonchev–Trinajstić information content (AvgIpc) is 3.06. The lowest BCUT2D eigenvalue weighted by Crippen LogP contribution is -2.38. The fourth-order valence-electron chi connectivity index (χ4n) is 3.00. The second kappa shape index (κ2) is 8.86. The molecule has 2 aromatic rings. The maximum absolute atomic E-state index is 12.5. The Balaban J connectivity index is 1.61. The summed E-state index contributed by atoms with van der Waals surface area (Å²) >= 11 is 7.39. The SMILES string of the molecule is Cc1nc(N2CCOCC2)[nH]c(=O)c1CCC(=O)N(C)Cc1ccc(Cl)s1. The largest absolute Gasteiger partial charge is 0.378 e. The van der Waals surface area contributed by atoms with Gasteiger partial charge in [-0.05, 0) is 25.5 Å². The first-order valence-electron chi connectivity index (χ1n) is 8.84. The van der Waals surface area contributed by atoms with E-state index in [4.69, 9.17) is 16.3 Å². The van der Waals surface area contributed by atoms with E-state index >= 15 is 0 Å². The number of thiophene rings is 1. The van der Waals surface area contributed by atoms with Crippen molar-refractivity contribution in [2.75, 3.05) is 38.3 Å². The Hall–Kier alpha value is -1.90. The molecule has 0 aliphatic carbocycles. The number of carbonyl (C=O) groups is 1. The van der Waals surface area contributed by atoms with Crippen LogP contribution in [0.1, 0.15) is 22.6 Å². The standard InChI is InChI=1S/C18H23ClN4O3S/c1-12-14(17(25)21-18(20-12)23-7-9-26-10-8-23)4-6-16(24)22(2)11-13-3-5-15(19)27-13/h3,5H,4,6-11H2,1-2H3,(H,20,21,25). The molecule has 1 aliphatic heterocycles. The molecule has 3 rings (SSSR count). The molecule has 27 heavy (non-hydrogen) atoms. The number of hydrogen-bond donors (Lipinski definition) is 1. The summed E-state index contributed by atoms with van der Waals surface area (Å²) < 4.78 is 6.03. The summed E-state index contributed by atoms with van der Waals surface area (Å²) in [6.07, 6.45) is 0.629. The first-order chi connectivity index (χ1) is 12.9. The van der Waals surface area contributed by atoms with Gasteiger partial charge in [-0.25, -0.2) is 4.98 Å². The molecule has 0 aromatic carbocycles. The van der Waals surface area contributed by atoms with E-state index < -0.39 is 0 Å². The van der Waals surface area contributed by atoms with Gasteiger partial charge in [-0.15, -0.1) is 11.3 Å². The smallest absolute Gasteiger partial charge is 0.255 e. The van der Waals surface area contributed by atoms with Crippen molar-refractivity contribution in [2.45, 2.75) is 26.3 Å². The van der Waals surface area contributed by atoms with E-state index in [2.05, 4.69) is 9.97 Å². The van der Waals surface area contributed by atoms with Gasteiger partial charge in [0.05, 0.1) is 24.1 Å². The minimum absolute atomic E-state index is 0.0180. The van der Waals surface area contributed by atoms with Crippen molar-refractivity contribution in [3.63, 3.8) is 0 Å². The number of amides is 1. The van der Waals surface area contributed by atoms with Crippen LogP contribution in [0.15, 0.2) is 16.9 Å². The second-order valence-corrected chi connectivity index (χ2v) is 8.31. The van der Waals surface area contributed by atoms with Crippen LogP contribution in [0.3, 0.4) is 0 Å². The number of morpholine rings is 1. The quantitative estimate of drug-likeness (QED) is 0.790. The highest BCUT2D eigenvalue weighted by Gasteiger charge is 2.17. The highest BCUT2D eigenvalue weighted by atomic mass is 35.5. The fourth-order valence-corrected chi connectivity index (χ4v) is 4.14. The summed E-state index contributed by atoms with van der Waals surface area (Å²) in [5, 5.41) is 0. The summed E-state index contributed by atoms with van der Waals surface area (Å²) in [6, 6.07) is 3.74. The Morgan fingerprint density at radius 2 is 2.15 bits per heavy atom. The lowest BCUT2D eigenvalue weighted by atomic mass is 10.1. The zero-order valence-electron chi connectivity index (χ0n) is 15.5. The van der Waals surface area contributed by atoms with E-state index in [0.29, 0.717) is 60.8 Å². The molecule has 0 unspecified atom stereocenters. The van der Waals surface area contributed by atoms with Crippen molar-refractivity contribution in [1.29, 1.82) is 0 Å². The number of nitrogens with one attached hydrogen (secondary N) is 1. The molecule has 0 saturated carbocycles. The Kier molecular flexibility index (Phi) is 6.51. The van der Waals surface area contributed by atoms with Gasteiger partial charge in [0.2, 0.25) is 11.9 Å². The van der Waals surface area contributed by atoms with Crippen LogP contribution in [0.4, 0.5) is 5.95 Å². The zero-order chi connectivity index (χ0) is 19.4. The molecule has 0 bridgehead atoms.